The Morgan fingerprint density at radius 1 is 0.815 bits per heavy atom. The molecule has 0 N–H and O–H groups in total. The van der Waals surface area contributed by atoms with E-state index in [4.69, 9.17) is 18.8 Å². The first-order valence-corrected chi connectivity index (χ1v) is 19.4. The fraction of sp³-hybridized carbons (Fsp3) is 0.184. The van der Waals surface area contributed by atoms with Gasteiger partial charge >= 0.3 is 0 Å². The minimum absolute atomic E-state index is 0.114. The monoisotopic (exact) mass is 699 g/mol. The van der Waals surface area contributed by atoms with Crippen LogP contribution in [-0.4, -0.2) is 14.5 Å². The van der Waals surface area contributed by atoms with E-state index in [1.165, 1.54) is 44.3 Å². The zero-order chi connectivity index (χ0) is 35.5. The van der Waals surface area contributed by atoms with Crippen LogP contribution in [0.5, 0.6) is 0 Å². The average Bonchev–Trinajstić information content (AvgIpc) is 3.90. The summed E-state index contributed by atoms with van der Waals surface area (Å²) in [7, 11) is 0. The number of hydrogen-bond acceptors (Lipinski definition) is 4. The molecule has 0 spiro atoms. The van der Waals surface area contributed by atoms with E-state index < -0.39 is 0 Å². The molecule has 8 aromatic rings. The Bertz CT molecular complexity index is 3080. The third-order valence-corrected chi connectivity index (χ3v) is 12.3. The van der Waals surface area contributed by atoms with E-state index in [1.54, 1.807) is 0 Å². The molecule has 54 heavy (non-hydrogen) atoms. The van der Waals surface area contributed by atoms with Crippen LogP contribution in [0, 0.1) is 5.92 Å². The Morgan fingerprint density at radius 2 is 1.69 bits per heavy atom. The van der Waals surface area contributed by atoms with Gasteiger partial charge in [0.05, 0.1) is 22.3 Å². The Balaban J connectivity index is 1.24. The molecule has 260 valence electrons. The predicted octanol–water partition coefficient (Wildman–Crippen LogP) is 10.3. The lowest BCUT2D eigenvalue weighted by Crippen LogP contribution is -2.27. The summed E-state index contributed by atoms with van der Waals surface area (Å²) in [6, 6.07) is 30.5. The third kappa shape index (κ3) is 4.32. The molecule has 0 saturated carbocycles. The molecule has 0 saturated heterocycles. The van der Waals surface area contributed by atoms with Crippen molar-refractivity contribution < 1.29 is 8.83 Å². The van der Waals surface area contributed by atoms with E-state index in [0.29, 0.717) is 5.92 Å². The highest BCUT2D eigenvalue weighted by molar-refractivity contribution is 6.21. The normalized spacial score (nSPS) is 18.2. The molecule has 2 atom stereocenters. The number of nitrogens with zero attached hydrogens (tertiary/aromatic N) is 3. The lowest BCUT2D eigenvalue weighted by atomic mass is 9.85. The number of rotatable bonds is 3. The maximum absolute atomic E-state index is 6.95. The minimum Gasteiger partial charge on any atom is -0.457 e. The number of hydrogen-bond donors (Lipinski definition) is 0. The molecule has 0 radical (unpaired) electrons. The van der Waals surface area contributed by atoms with E-state index in [0.717, 1.165) is 105 Å². The Morgan fingerprint density at radius 3 is 2.63 bits per heavy atom. The second-order valence-electron chi connectivity index (χ2n) is 15.5. The Labute approximate surface area is 312 Å². The van der Waals surface area contributed by atoms with E-state index >= 15 is 0 Å². The summed E-state index contributed by atoms with van der Waals surface area (Å²) in [5.41, 5.74) is 16.1. The van der Waals surface area contributed by atoms with Crippen molar-refractivity contribution in [1.82, 2.24) is 14.5 Å². The van der Waals surface area contributed by atoms with Gasteiger partial charge in [-0.25, -0.2) is 9.97 Å². The van der Waals surface area contributed by atoms with Gasteiger partial charge in [-0.2, -0.15) is 0 Å². The molecular weight excluding hydrogens is 663 g/mol. The SMILES string of the molecule is CC1C=Cc2nc(-n3c4c(c5c6oc7ccccc7c6cc(C6C=c7c8c(oc7=CC6)C=CCC8)c53)-c3ccccc3CC4)nc(-c3ccccc3)c2C1. The van der Waals surface area contributed by atoms with Gasteiger partial charge in [0.2, 0.25) is 5.95 Å². The van der Waals surface area contributed by atoms with Crippen molar-refractivity contribution in [3.8, 4) is 28.3 Å². The van der Waals surface area contributed by atoms with Crippen LogP contribution in [0.2, 0.25) is 0 Å². The smallest absolute Gasteiger partial charge is 0.235 e. The number of para-hydroxylation sites is 1. The molecular formula is C49H37N3O2. The molecule has 4 aromatic heterocycles. The number of furan rings is 2. The van der Waals surface area contributed by atoms with Crippen LogP contribution in [0.4, 0.5) is 0 Å². The van der Waals surface area contributed by atoms with E-state index in [9.17, 15) is 0 Å². The minimum atomic E-state index is 0.114. The van der Waals surface area contributed by atoms with Crippen molar-refractivity contribution in [2.24, 2.45) is 5.92 Å². The summed E-state index contributed by atoms with van der Waals surface area (Å²) in [6.07, 6.45) is 19.3. The summed E-state index contributed by atoms with van der Waals surface area (Å²) in [5, 5.41) is 4.70. The first-order chi connectivity index (χ1) is 26.7. The number of benzene rings is 4. The second-order valence-corrected chi connectivity index (χ2v) is 15.5. The van der Waals surface area contributed by atoms with Crippen molar-refractivity contribution in [3.05, 3.63) is 147 Å². The summed E-state index contributed by atoms with van der Waals surface area (Å²) in [6.45, 7) is 2.27. The molecule has 4 aromatic carbocycles. The van der Waals surface area contributed by atoms with Gasteiger partial charge in [0.15, 0.2) is 0 Å². The fourth-order valence-electron chi connectivity index (χ4n) is 9.79. The molecule has 0 bridgehead atoms. The largest absolute Gasteiger partial charge is 0.457 e. The molecule has 5 nitrogen and oxygen atoms in total. The molecule has 0 fully saturated rings. The average molecular weight is 700 g/mol. The topological polar surface area (TPSA) is 57.0 Å². The Hall–Kier alpha value is -6.20. The van der Waals surface area contributed by atoms with Crippen molar-refractivity contribution in [3.63, 3.8) is 0 Å². The van der Waals surface area contributed by atoms with Crippen molar-refractivity contribution in [2.45, 2.75) is 51.4 Å². The van der Waals surface area contributed by atoms with E-state index in [1.807, 2.05) is 0 Å². The molecule has 0 amide bonds. The van der Waals surface area contributed by atoms with Crippen LogP contribution in [0.25, 0.3) is 85.5 Å². The van der Waals surface area contributed by atoms with Crippen LogP contribution in [0.1, 0.15) is 65.1 Å². The fourth-order valence-corrected chi connectivity index (χ4v) is 9.79. The third-order valence-electron chi connectivity index (χ3n) is 12.3. The standard InChI is InChI=1S/C49H37N3O2/c1-28-19-22-39-38(25-28)46(30-12-3-2-4-13-30)51-49(50-39)52-40-23-20-29-11-5-6-14-32(29)44(40)45-47(52)35(27-37-34-16-8-10-18-42(34)54-48(37)45)31-21-24-43-36(26-31)33-15-7-9-17-41(33)53-43/h2-6,8-14,16-19,22,24,26-28,31H,7,15,20-21,23,25H2,1H3. The van der Waals surface area contributed by atoms with Crippen molar-refractivity contribution in [2.75, 3.05) is 0 Å². The first-order valence-electron chi connectivity index (χ1n) is 19.4. The van der Waals surface area contributed by atoms with Crippen LogP contribution < -0.4 is 10.6 Å². The van der Waals surface area contributed by atoms with Gasteiger partial charge in [-0.1, -0.05) is 97.9 Å². The van der Waals surface area contributed by atoms with Crippen LogP contribution in [-0.2, 0) is 25.7 Å². The predicted molar refractivity (Wildman–Crippen MR) is 218 cm³/mol. The second kappa shape index (κ2) is 11.4. The highest BCUT2D eigenvalue weighted by atomic mass is 16.3. The lowest BCUT2D eigenvalue weighted by Gasteiger charge is -2.23. The summed E-state index contributed by atoms with van der Waals surface area (Å²) >= 11 is 0. The highest BCUT2D eigenvalue weighted by Gasteiger charge is 2.33. The van der Waals surface area contributed by atoms with Gasteiger partial charge in [-0.15, -0.1) is 0 Å². The molecule has 12 rings (SSSR count). The van der Waals surface area contributed by atoms with Crippen molar-refractivity contribution >= 4 is 57.1 Å². The number of aryl methyl sites for hydroxylation is 1. The van der Waals surface area contributed by atoms with E-state index in [2.05, 4.69) is 133 Å². The zero-order valence-corrected chi connectivity index (χ0v) is 30.1. The van der Waals surface area contributed by atoms with Gasteiger partial charge in [0.25, 0.3) is 0 Å². The van der Waals surface area contributed by atoms with Gasteiger partial charge < -0.3 is 8.83 Å². The van der Waals surface area contributed by atoms with Crippen LogP contribution >= 0.6 is 0 Å². The summed E-state index contributed by atoms with van der Waals surface area (Å²) in [4.78, 5) is 11.1. The quantitative estimate of drug-likeness (QED) is 0.184. The number of allylic oxidation sites excluding steroid dienone is 2. The van der Waals surface area contributed by atoms with Crippen LogP contribution in [0.3, 0.4) is 0 Å². The molecule has 0 aliphatic heterocycles. The summed E-state index contributed by atoms with van der Waals surface area (Å²) < 4.78 is 15.8. The molecule has 5 heteroatoms. The van der Waals surface area contributed by atoms with E-state index in [-0.39, 0.29) is 5.92 Å². The highest BCUT2D eigenvalue weighted by Crippen LogP contribution is 2.50. The molecule has 2 unspecified atom stereocenters. The van der Waals surface area contributed by atoms with Crippen LogP contribution in [0.15, 0.2) is 106 Å². The van der Waals surface area contributed by atoms with Gasteiger partial charge in [-0.05, 0) is 91.5 Å². The summed E-state index contributed by atoms with van der Waals surface area (Å²) in [5.74, 6) is 2.27. The maximum atomic E-state index is 6.95. The Kier molecular flexibility index (Phi) is 6.39. The molecule has 4 heterocycles. The first kappa shape index (κ1) is 30.3. The molecule has 4 aliphatic rings. The van der Waals surface area contributed by atoms with Crippen molar-refractivity contribution in [1.29, 1.82) is 0 Å². The zero-order valence-electron chi connectivity index (χ0n) is 30.1. The number of aromatic nitrogens is 3. The van der Waals surface area contributed by atoms with Gasteiger partial charge in [0, 0.05) is 49.9 Å². The maximum Gasteiger partial charge on any atom is 0.235 e. The number of fused-ring (bicyclic) bond motifs is 13. The molecule has 4 aliphatic carbocycles. The van der Waals surface area contributed by atoms with Gasteiger partial charge in [-0.3, -0.25) is 4.57 Å². The van der Waals surface area contributed by atoms with Gasteiger partial charge in [0.1, 0.15) is 22.3 Å². The lowest BCUT2D eigenvalue weighted by molar-refractivity contribution is 0.514.